The molecule has 1 aromatic heterocycles. The number of halogens is 1. The van der Waals surface area contributed by atoms with Gasteiger partial charge in [0.25, 0.3) is 5.91 Å². The van der Waals surface area contributed by atoms with Crippen molar-refractivity contribution >= 4 is 61.5 Å². The third kappa shape index (κ3) is 5.73. The molecule has 1 heterocycles. The highest BCUT2D eigenvalue weighted by Gasteiger charge is 2.15. The zero-order valence-electron chi connectivity index (χ0n) is 17.2. The topological polar surface area (TPSA) is 63.2 Å². The molecule has 4 rings (SSSR count). The van der Waals surface area contributed by atoms with E-state index in [1.807, 2.05) is 31.2 Å². The maximum Gasteiger partial charge on any atom is 0.264 e. The molecule has 8 heteroatoms. The Morgan fingerprint density at radius 3 is 2.71 bits per heavy atom. The highest BCUT2D eigenvalue weighted by atomic mass is 35.5. The van der Waals surface area contributed by atoms with Crippen LogP contribution in [0.5, 0.6) is 5.75 Å². The summed E-state index contributed by atoms with van der Waals surface area (Å²) in [6, 6.07) is 11.9. The average Bonchev–Trinajstić information content (AvgIpc) is 3.14. The molecular formula is C23H24ClN3O2S2. The number of amides is 1. The van der Waals surface area contributed by atoms with Gasteiger partial charge in [-0.25, -0.2) is 4.98 Å². The van der Waals surface area contributed by atoms with Crippen LogP contribution >= 0.6 is 35.2 Å². The summed E-state index contributed by atoms with van der Waals surface area (Å²) in [5, 5.41) is 7.03. The van der Waals surface area contributed by atoms with Crippen molar-refractivity contribution < 1.29 is 9.53 Å². The largest absolute Gasteiger partial charge is 0.484 e. The van der Waals surface area contributed by atoms with Crippen LogP contribution in [0, 0.1) is 6.92 Å². The van der Waals surface area contributed by atoms with Crippen LogP contribution in [0.3, 0.4) is 0 Å². The molecule has 0 spiro atoms. The number of carbonyl (C=O) groups is 1. The standard InChI is InChI=1S/C23H24ClN3O2S2/c1-14-11-20-19(12-18(14)24)25-23(31-20)27-22(30)26-21(28)13-29-17-9-7-16(8-10-17)15-5-3-2-4-6-15/h7-12,15H,2-6,13H2,1H3,(H2,25,26,27,28,30). The van der Waals surface area contributed by atoms with Crippen LogP contribution < -0.4 is 15.4 Å². The Labute approximate surface area is 196 Å². The van der Waals surface area contributed by atoms with Crippen LogP contribution in [-0.4, -0.2) is 22.6 Å². The fourth-order valence-corrected chi connectivity index (χ4v) is 5.20. The molecule has 0 radical (unpaired) electrons. The fraction of sp³-hybridized carbons (Fsp3) is 0.348. The molecule has 1 fully saturated rings. The van der Waals surface area contributed by atoms with E-state index in [0.29, 0.717) is 21.8 Å². The first-order valence-electron chi connectivity index (χ1n) is 10.4. The van der Waals surface area contributed by atoms with Gasteiger partial charge in [-0.2, -0.15) is 0 Å². The summed E-state index contributed by atoms with van der Waals surface area (Å²) >= 11 is 12.8. The van der Waals surface area contributed by atoms with Crippen LogP contribution in [0.4, 0.5) is 5.13 Å². The van der Waals surface area contributed by atoms with E-state index >= 15 is 0 Å². The minimum atomic E-state index is -0.325. The van der Waals surface area contributed by atoms with Crippen molar-refractivity contribution in [2.75, 3.05) is 11.9 Å². The predicted octanol–water partition coefficient (Wildman–Crippen LogP) is 6.20. The molecule has 1 aliphatic carbocycles. The Morgan fingerprint density at radius 2 is 1.97 bits per heavy atom. The van der Waals surface area contributed by atoms with E-state index in [0.717, 1.165) is 15.8 Å². The Kier molecular flexibility index (Phi) is 7.05. The summed E-state index contributed by atoms with van der Waals surface area (Å²) in [5.41, 5.74) is 3.13. The number of hydrogen-bond acceptors (Lipinski definition) is 5. The quantitative estimate of drug-likeness (QED) is 0.432. The molecule has 1 amide bonds. The lowest BCUT2D eigenvalue weighted by Gasteiger charge is -2.22. The van der Waals surface area contributed by atoms with E-state index in [4.69, 9.17) is 28.6 Å². The molecule has 162 valence electrons. The molecule has 2 N–H and O–H groups in total. The minimum Gasteiger partial charge on any atom is -0.484 e. The summed E-state index contributed by atoms with van der Waals surface area (Å²) in [5.74, 6) is 0.998. The van der Waals surface area contributed by atoms with E-state index in [9.17, 15) is 4.79 Å². The van der Waals surface area contributed by atoms with Crippen LogP contribution in [0.15, 0.2) is 36.4 Å². The van der Waals surface area contributed by atoms with Crippen molar-refractivity contribution in [2.24, 2.45) is 0 Å². The molecule has 1 aliphatic rings. The smallest absolute Gasteiger partial charge is 0.264 e. The van der Waals surface area contributed by atoms with Gasteiger partial charge >= 0.3 is 0 Å². The van der Waals surface area contributed by atoms with E-state index in [1.165, 1.54) is 49.0 Å². The number of nitrogens with one attached hydrogen (secondary N) is 2. The number of fused-ring (bicyclic) bond motifs is 1. The molecule has 0 saturated heterocycles. The molecule has 3 aromatic rings. The average molecular weight is 474 g/mol. The summed E-state index contributed by atoms with van der Waals surface area (Å²) in [4.78, 5) is 16.6. The Balaban J connectivity index is 1.26. The highest BCUT2D eigenvalue weighted by Crippen LogP contribution is 2.33. The lowest BCUT2D eigenvalue weighted by molar-refractivity contribution is -0.121. The first-order chi connectivity index (χ1) is 15.0. The molecule has 2 aromatic carbocycles. The van der Waals surface area contributed by atoms with Gasteiger partial charge in [-0.1, -0.05) is 54.3 Å². The summed E-state index contributed by atoms with van der Waals surface area (Å²) in [7, 11) is 0. The van der Waals surface area contributed by atoms with Gasteiger partial charge in [-0.15, -0.1) is 0 Å². The van der Waals surface area contributed by atoms with Crippen LogP contribution in [0.2, 0.25) is 5.02 Å². The minimum absolute atomic E-state index is 0.112. The second-order valence-electron chi connectivity index (χ2n) is 7.78. The zero-order chi connectivity index (χ0) is 21.8. The van der Waals surface area contributed by atoms with Crippen LogP contribution in [0.25, 0.3) is 10.2 Å². The number of thiocarbonyl (C=S) groups is 1. The van der Waals surface area contributed by atoms with Gasteiger partial charge in [-0.3, -0.25) is 10.1 Å². The number of benzene rings is 2. The van der Waals surface area contributed by atoms with Gasteiger partial charge in [0.1, 0.15) is 5.75 Å². The normalized spacial score (nSPS) is 14.4. The van der Waals surface area contributed by atoms with Crippen molar-refractivity contribution in [2.45, 2.75) is 44.9 Å². The summed E-state index contributed by atoms with van der Waals surface area (Å²) in [6.07, 6.45) is 6.47. The van der Waals surface area contributed by atoms with Crippen molar-refractivity contribution in [1.29, 1.82) is 0 Å². The first kappa shape index (κ1) is 22.0. The van der Waals surface area contributed by atoms with E-state index < -0.39 is 0 Å². The van der Waals surface area contributed by atoms with Crippen molar-refractivity contribution in [1.82, 2.24) is 10.3 Å². The number of aryl methyl sites for hydroxylation is 1. The molecule has 0 atom stereocenters. The van der Waals surface area contributed by atoms with Crippen molar-refractivity contribution in [3.05, 3.63) is 52.5 Å². The molecule has 31 heavy (non-hydrogen) atoms. The van der Waals surface area contributed by atoms with Gasteiger partial charge < -0.3 is 10.1 Å². The number of thiazole rings is 1. The second kappa shape index (κ2) is 9.94. The van der Waals surface area contributed by atoms with E-state index in [2.05, 4.69) is 27.8 Å². The fourth-order valence-electron chi connectivity index (χ4n) is 3.82. The number of carbonyl (C=O) groups excluding carboxylic acids is 1. The van der Waals surface area contributed by atoms with Gasteiger partial charge in [0.05, 0.1) is 10.2 Å². The third-order valence-corrected chi connectivity index (χ3v) is 7.01. The van der Waals surface area contributed by atoms with Crippen LogP contribution in [0.1, 0.15) is 49.1 Å². The van der Waals surface area contributed by atoms with E-state index in [1.54, 1.807) is 0 Å². The molecule has 0 bridgehead atoms. The van der Waals surface area contributed by atoms with Gasteiger partial charge in [0.2, 0.25) is 0 Å². The maximum absolute atomic E-state index is 12.2. The molecule has 0 unspecified atom stereocenters. The number of rotatable bonds is 5. The number of hydrogen-bond donors (Lipinski definition) is 2. The number of aromatic nitrogens is 1. The molecule has 0 aliphatic heterocycles. The third-order valence-electron chi connectivity index (χ3n) is 5.47. The van der Waals surface area contributed by atoms with Gasteiger partial charge in [0, 0.05) is 5.02 Å². The Morgan fingerprint density at radius 1 is 1.23 bits per heavy atom. The number of anilines is 1. The SMILES string of the molecule is Cc1cc2sc(NC(=S)NC(=O)COc3ccc(C4CCCCC4)cc3)nc2cc1Cl. The zero-order valence-corrected chi connectivity index (χ0v) is 19.6. The van der Waals surface area contributed by atoms with Gasteiger partial charge in [-0.05, 0) is 73.3 Å². The van der Waals surface area contributed by atoms with Crippen molar-refractivity contribution in [3.8, 4) is 5.75 Å². The predicted molar refractivity (Wildman–Crippen MR) is 131 cm³/mol. The molecule has 5 nitrogen and oxygen atoms in total. The van der Waals surface area contributed by atoms with Crippen molar-refractivity contribution in [3.63, 3.8) is 0 Å². The maximum atomic E-state index is 12.2. The monoisotopic (exact) mass is 473 g/mol. The van der Waals surface area contributed by atoms with Crippen LogP contribution in [-0.2, 0) is 4.79 Å². The Bertz CT molecular complexity index is 1050. The summed E-state index contributed by atoms with van der Waals surface area (Å²) in [6.45, 7) is 1.84. The number of ether oxygens (including phenoxy) is 1. The summed E-state index contributed by atoms with van der Waals surface area (Å²) < 4.78 is 6.61. The second-order valence-corrected chi connectivity index (χ2v) is 9.63. The van der Waals surface area contributed by atoms with E-state index in [-0.39, 0.29) is 17.6 Å². The number of nitrogens with zero attached hydrogens (tertiary/aromatic N) is 1. The highest BCUT2D eigenvalue weighted by molar-refractivity contribution is 7.80. The van der Waals surface area contributed by atoms with Gasteiger partial charge in [0.15, 0.2) is 16.9 Å². The first-order valence-corrected chi connectivity index (χ1v) is 12.0. The Hall–Kier alpha value is -2.22. The molecule has 1 saturated carbocycles. The lowest BCUT2D eigenvalue weighted by Crippen LogP contribution is -2.37. The molecular weight excluding hydrogens is 450 g/mol. The lowest BCUT2D eigenvalue weighted by atomic mass is 9.84.